The van der Waals surface area contributed by atoms with E-state index in [1.165, 1.54) is 6.20 Å². The minimum absolute atomic E-state index is 0.130. The van der Waals surface area contributed by atoms with Crippen molar-refractivity contribution in [3.63, 3.8) is 0 Å². The van der Waals surface area contributed by atoms with Crippen molar-refractivity contribution in [3.8, 4) is 23.0 Å². The lowest BCUT2D eigenvalue weighted by Crippen LogP contribution is -2.01. The summed E-state index contributed by atoms with van der Waals surface area (Å²) in [5.74, 6) is 1.31. The van der Waals surface area contributed by atoms with Crippen LogP contribution in [0.4, 0.5) is 0 Å². The Balaban J connectivity index is 1.94. The SMILES string of the molecule is COc1cc2nccc(Oc3ccc(CC(=O)O)nc3)c2cc1OC. The molecule has 128 valence electrons. The molecular formula is C18H16N2O5. The predicted molar refractivity (Wildman–Crippen MR) is 90.5 cm³/mol. The molecule has 2 heterocycles. The molecule has 25 heavy (non-hydrogen) atoms. The van der Waals surface area contributed by atoms with Gasteiger partial charge in [0.25, 0.3) is 0 Å². The number of benzene rings is 1. The molecule has 0 atom stereocenters. The van der Waals surface area contributed by atoms with E-state index in [0.717, 1.165) is 5.39 Å². The highest BCUT2D eigenvalue weighted by Gasteiger charge is 2.11. The minimum atomic E-state index is -0.928. The number of carboxylic acids is 1. The van der Waals surface area contributed by atoms with Gasteiger partial charge in [0.1, 0.15) is 11.5 Å². The minimum Gasteiger partial charge on any atom is -0.493 e. The maximum atomic E-state index is 10.7. The van der Waals surface area contributed by atoms with Crippen LogP contribution in [0.3, 0.4) is 0 Å². The molecule has 0 aliphatic rings. The summed E-state index contributed by atoms with van der Waals surface area (Å²) >= 11 is 0. The number of carbonyl (C=O) groups is 1. The van der Waals surface area contributed by atoms with Crippen LogP contribution < -0.4 is 14.2 Å². The Morgan fingerprint density at radius 1 is 1.04 bits per heavy atom. The molecule has 0 bridgehead atoms. The van der Waals surface area contributed by atoms with Gasteiger partial charge in [0, 0.05) is 17.6 Å². The molecule has 0 unspecified atom stereocenters. The molecule has 7 nitrogen and oxygen atoms in total. The second-order valence-corrected chi connectivity index (χ2v) is 5.19. The first-order valence-electron chi connectivity index (χ1n) is 7.46. The van der Waals surface area contributed by atoms with Crippen LogP contribution in [0.2, 0.25) is 0 Å². The van der Waals surface area contributed by atoms with Crippen molar-refractivity contribution in [2.45, 2.75) is 6.42 Å². The second-order valence-electron chi connectivity index (χ2n) is 5.19. The maximum absolute atomic E-state index is 10.7. The number of ether oxygens (including phenoxy) is 3. The van der Waals surface area contributed by atoms with Gasteiger partial charge in [-0.3, -0.25) is 14.8 Å². The van der Waals surface area contributed by atoms with E-state index in [1.807, 2.05) is 0 Å². The lowest BCUT2D eigenvalue weighted by atomic mass is 10.2. The van der Waals surface area contributed by atoms with E-state index in [2.05, 4.69) is 9.97 Å². The lowest BCUT2D eigenvalue weighted by Gasteiger charge is -2.12. The third-order valence-electron chi connectivity index (χ3n) is 3.56. The van der Waals surface area contributed by atoms with Crippen LogP contribution in [-0.2, 0) is 11.2 Å². The Labute approximate surface area is 143 Å². The Bertz CT molecular complexity index is 909. The van der Waals surface area contributed by atoms with E-state index in [9.17, 15) is 4.79 Å². The van der Waals surface area contributed by atoms with E-state index < -0.39 is 5.97 Å². The van der Waals surface area contributed by atoms with E-state index >= 15 is 0 Å². The molecule has 0 aliphatic carbocycles. The van der Waals surface area contributed by atoms with Crippen molar-refractivity contribution in [2.24, 2.45) is 0 Å². The molecule has 3 rings (SSSR count). The molecule has 0 aliphatic heterocycles. The number of pyridine rings is 2. The fraction of sp³-hybridized carbons (Fsp3) is 0.167. The van der Waals surface area contributed by atoms with Gasteiger partial charge in [-0.25, -0.2) is 0 Å². The van der Waals surface area contributed by atoms with E-state index in [1.54, 1.807) is 50.7 Å². The number of aromatic nitrogens is 2. The summed E-state index contributed by atoms with van der Waals surface area (Å²) < 4.78 is 16.5. The van der Waals surface area contributed by atoms with Gasteiger partial charge < -0.3 is 19.3 Å². The van der Waals surface area contributed by atoms with Crippen LogP contribution in [0.1, 0.15) is 5.69 Å². The fourth-order valence-electron chi connectivity index (χ4n) is 2.39. The molecule has 1 N–H and O–H groups in total. The summed E-state index contributed by atoms with van der Waals surface area (Å²) in [5.41, 5.74) is 1.16. The lowest BCUT2D eigenvalue weighted by molar-refractivity contribution is -0.136. The van der Waals surface area contributed by atoms with Crippen LogP contribution in [0, 0.1) is 0 Å². The van der Waals surface area contributed by atoms with Crippen LogP contribution in [-0.4, -0.2) is 35.3 Å². The van der Waals surface area contributed by atoms with Crippen molar-refractivity contribution in [1.29, 1.82) is 0 Å². The zero-order valence-electron chi connectivity index (χ0n) is 13.7. The van der Waals surface area contributed by atoms with Gasteiger partial charge >= 0.3 is 5.97 Å². The normalized spacial score (nSPS) is 10.5. The summed E-state index contributed by atoms with van der Waals surface area (Å²) in [6.45, 7) is 0. The van der Waals surface area contributed by atoms with Crippen LogP contribution in [0.5, 0.6) is 23.0 Å². The molecule has 0 spiro atoms. The van der Waals surface area contributed by atoms with Crippen molar-refractivity contribution < 1.29 is 24.1 Å². The van der Waals surface area contributed by atoms with Gasteiger partial charge in [0.15, 0.2) is 11.5 Å². The predicted octanol–water partition coefficient (Wildman–Crippen LogP) is 3.07. The number of hydrogen-bond acceptors (Lipinski definition) is 6. The highest BCUT2D eigenvalue weighted by Crippen LogP contribution is 2.36. The average molecular weight is 340 g/mol. The van der Waals surface area contributed by atoms with Crippen molar-refractivity contribution in [1.82, 2.24) is 9.97 Å². The first-order valence-corrected chi connectivity index (χ1v) is 7.46. The molecule has 7 heteroatoms. The van der Waals surface area contributed by atoms with Gasteiger partial charge in [0.2, 0.25) is 0 Å². The third kappa shape index (κ3) is 3.60. The van der Waals surface area contributed by atoms with Crippen molar-refractivity contribution in [2.75, 3.05) is 14.2 Å². The van der Waals surface area contributed by atoms with Crippen LogP contribution >= 0.6 is 0 Å². The molecule has 0 fully saturated rings. The van der Waals surface area contributed by atoms with E-state index in [0.29, 0.717) is 34.2 Å². The standard InChI is InChI=1S/C18H16N2O5/c1-23-16-8-13-14(9-17(16)24-2)19-6-5-15(13)25-12-4-3-11(20-10-12)7-18(21)22/h3-6,8-10H,7H2,1-2H3,(H,21,22). The van der Waals surface area contributed by atoms with Gasteiger partial charge in [-0.1, -0.05) is 0 Å². The molecule has 3 aromatic rings. The Hall–Kier alpha value is -3.35. The zero-order chi connectivity index (χ0) is 17.8. The molecule has 1 aromatic carbocycles. The molecule has 0 saturated heterocycles. The number of nitrogens with zero attached hydrogens (tertiary/aromatic N) is 2. The maximum Gasteiger partial charge on any atom is 0.309 e. The van der Waals surface area contributed by atoms with Gasteiger partial charge in [-0.2, -0.15) is 0 Å². The van der Waals surface area contributed by atoms with Crippen molar-refractivity contribution >= 4 is 16.9 Å². The van der Waals surface area contributed by atoms with Gasteiger partial charge in [0.05, 0.1) is 38.0 Å². The summed E-state index contributed by atoms with van der Waals surface area (Å²) in [6.07, 6.45) is 3.00. The second kappa shape index (κ2) is 7.04. The highest BCUT2D eigenvalue weighted by molar-refractivity contribution is 5.88. The number of fused-ring (bicyclic) bond motifs is 1. The Morgan fingerprint density at radius 2 is 1.80 bits per heavy atom. The van der Waals surface area contributed by atoms with Crippen molar-refractivity contribution in [3.05, 3.63) is 48.4 Å². The first-order chi connectivity index (χ1) is 12.1. The smallest absolute Gasteiger partial charge is 0.309 e. The molecule has 0 saturated carbocycles. The monoisotopic (exact) mass is 340 g/mol. The van der Waals surface area contributed by atoms with Gasteiger partial charge in [-0.05, 0) is 24.3 Å². The van der Waals surface area contributed by atoms with Gasteiger partial charge in [-0.15, -0.1) is 0 Å². The number of hydrogen-bond donors (Lipinski definition) is 1. The molecule has 2 aromatic heterocycles. The molecule has 0 amide bonds. The Morgan fingerprint density at radius 3 is 2.44 bits per heavy atom. The number of methoxy groups -OCH3 is 2. The third-order valence-corrected chi connectivity index (χ3v) is 3.56. The number of aliphatic carboxylic acids is 1. The van der Waals surface area contributed by atoms with E-state index in [4.69, 9.17) is 19.3 Å². The number of carboxylic acid groups (broad SMARTS) is 1. The number of rotatable bonds is 6. The molecular weight excluding hydrogens is 324 g/mol. The molecule has 0 radical (unpaired) electrons. The van der Waals surface area contributed by atoms with Crippen LogP contribution in [0.15, 0.2) is 42.7 Å². The topological polar surface area (TPSA) is 90.8 Å². The summed E-state index contributed by atoms with van der Waals surface area (Å²) in [7, 11) is 3.13. The largest absolute Gasteiger partial charge is 0.493 e. The van der Waals surface area contributed by atoms with E-state index in [-0.39, 0.29) is 6.42 Å². The first kappa shape index (κ1) is 16.5. The summed E-state index contributed by atoms with van der Waals surface area (Å²) in [6, 6.07) is 8.60. The fourth-order valence-corrected chi connectivity index (χ4v) is 2.39. The quantitative estimate of drug-likeness (QED) is 0.737. The summed E-state index contributed by atoms with van der Waals surface area (Å²) in [4.78, 5) is 19.1. The summed E-state index contributed by atoms with van der Waals surface area (Å²) in [5, 5.41) is 9.54. The van der Waals surface area contributed by atoms with Crippen LogP contribution in [0.25, 0.3) is 10.9 Å². The average Bonchev–Trinajstić information content (AvgIpc) is 2.62. The highest BCUT2D eigenvalue weighted by atomic mass is 16.5. The Kier molecular flexibility index (Phi) is 4.65. The zero-order valence-corrected chi connectivity index (χ0v) is 13.7.